The summed E-state index contributed by atoms with van der Waals surface area (Å²) in [5.41, 5.74) is 2.15. The van der Waals surface area contributed by atoms with Gasteiger partial charge in [-0.3, -0.25) is 9.78 Å². The molecular formula is C22H23ClN4O4. The number of imide groups is 1. The average molecular weight is 443 g/mol. The second kappa shape index (κ2) is 10.1. The van der Waals surface area contributed by atoms with Crippen LogP contribution in [0.4, 0.5) is 9.59 Å². The number of allylic oxidation sites excluding steroid dienone is 1. The molecule has 1 aliphatic rings. The molecule has 0 aliphatic carbocycles. The molecule has 1 aliphatic heterocycles. The highest BCUT2D eigenvalue weighted by molar-refractivity contribution is 6.30. The standard InChI is InChI=1S/C22H23ClN4O4/c1-3-31-22(30)27-19(16-5-4-6-17(23)13-16)18(14(2)26-21(27)29)20(28)25-12-9-15-7-10-24-11-8-15/h4-8,10-11,13,19H,3,9,12H2,1-2H3,(H,25,28)(H,26,29). The fourth-order valence-electron chi connectivity index (χ4n) is 3.37. The minimum Gasteiger partial charge on any atom is -0.449 e. The van der Waals surface area contributed by atoms with Crippen molar-refractivity contribution < 1.29 is 19.1 Å². The smallest absolute Gasteiger partial charge is 0.418 e. The van der Waals surface area contributed by atoms with Crippen LogP contribution in [0.5, 0.6) is 0 Å². The number of hydrogen-bond donors (Lipinski definition) is 2. The number of ether oxygens (including phenoxy) is 1. The monoisotopic (exact) mass is 442 g/mol. The topological polar surface area (TPSA) is 101 Å². The van der Waals surface area contributed by atoms with Crippen molar-refractivity contribution in [3.63, 3.8) is 0 Å². The van der Waals surface area contributed by atoms with Crippen LogP contribution >= 0.6 is 11.6 Å². The van der Waals surface area contributed by atoms with Crippen molar-refractivity contribution in [2.24, 2.45) is 0 Å². The van der Waals surface area contributed by atoms with Gasteiger partial charge < -0.3 is 15.4 Å². The molecule has 0 bridgehead atoms. The number of urea groups is 1. The van der Waals surface area contributed by atoms with E-state index in [9.17, 15) is 14.4 Å². The minimum absolute atomic E-state index is 0.0844. The third-order valence-electron chi connectivity index (χ3n) is 4.77. The van der Waals surface area contributed by atoms with Crippen molar-refractivity contribution in [3.05, 3.63) is 76.2 Å². The van der Waals surface area contributed by atoms with Crippen LogP contribution in [0.2, 0.25) is 5.02 Å². The molecule has 0 fully saturated rings. The highest BCUT2D eigenvalue weighted by atomic mass is 35.5. The second-order valence-corrected chi connectivity index (χ2v) is 7.29. The fraction of sp³-hybridized carbons (Fsp3) is 0.273. The van der Waals surface area contributed by atoms with Gasteiger partial charge in [0.25, 0.3) is 5.91 Å². The molecule has 2 N–H and O–H groups in total. The van der Waals surface area contributed by atoms with Gasteiger partial charge in [0.05, 0.1) is 12.2 Å². The molecule has 1 unspecified atom stereocenters. The van der Waals surface area contributed by atoms with Gasteiger partial charge in [-0.2, -0.15) is 0 Å². The molecule has 162 valence electrons. The summed E-state index contributed by atoms with van der Waals surface area (Å²) in [5.74, 6) is -0.397. The zero-order chi connectivity index (χ0) is 22.4. The van der Waals surface area contributed by atoms with Crippen LogP contribution in [0, 0.1) is 0 Å². The number of carbonyl (C=O) groups is 3. The maximum atomic E-state index is 13.2. The number of aromatic nitrogens is 1. The van der Waals surface area contributed by atoms with Crippen LogP contribution in [0.25, 0.3) is 0 Å². The lowest BCUT2D eigenvalue weighted by atomic mass is 9.93. The summed E-state index contributed by atoms with van der Waals surface area (Å²) in [6, 6.07) is 8.79. The molecule has 0 saturated heterocycles. The number of carbonyl (C=O) groups excluding carboxylic acids is 3. The van der Waals surface area contributed by atoms with Gasteiger partial charge in [-0.05, 0) is 55.7 Å². The maximum Gasteiger partial charge on any atom is 0.418 e. The summed E-state index contributed by atoms with van der Waals surface area (Å²) < 4.78 is 5.07. The SMILES string of the molecule is CCOC(=O)N1C(=O)NC(C)=C(C(=O)NCCc2ccncc2)C1c1cccc(Cl)c1. The first kappa shape index (κ1) is 22.3. The van der Waals surface area contributed by atoms with Crippen molar-refractivity contribution in [1.29, 1.82) is 0 Å². The molecule has 0 radical (unpaired) electrons. The molecule has 8 nitrogen and oxygen atoms in total. The third kappa shape index (κ3) is 5.21. The minimum atomic E-state index is -0.979. The number of amides is 4. The predicted octanol–water partition coefficient (Wildman–Crippen LogP) is 3.59. The Morgan fingerprint density at radius 1 is 1.26 bits per heavy atom. The maximum absolute atomic E-state index is 13.2. The van der Waals surface area contributed by atoms with E-state index in [1.807, 2.05) is 12.1 Å². The van der Waals surface area contributed by atoms with E-state index in [0.717, 1.165) is 10.5 Å². The molecule has 0 saturated carbocycles. The summed E-state index contributed by atoms with van der Waals surface area (Å²) in [7, 11) is 0. The molecule has 3 rings (SSSR count). The molecule has 9 heteroatoms. The molecule has 1 atom stereocenters. The lowest BCUT2D eigenvalue weighted by Crippen LogP contribution is -2.52. The Morgan fingerprint density at radius 2 is 2.00 bits per heavy atom. The molecule has 2 aromatic rings. The Bertz CT molecular complexity index is 1010. The van der Waals surface area contributed by atoms with E-state index < -0.39 is 24.1 Å². The van der Waals surface area contributed by atoms with E-state index in [2.05, 4.69) is 15.6 Å². The lowest BCUT2D eigenvalue weighted by Gasteiger charge is -2.36. The molecule has 0 spiro atoms. The van der Waals surface area contributed by atoms with E-state index in [4.69, 9.17) is 16.3 Å². The Hall–Kier alpha value is -3.39. The molecule has 31 heavy (non-hydrogen) atoms. The number of pyridine rings is 1. The highest BCUT2D eigenvalue weighted by Crippen LogP contribution is 2.35. The first-order chi connectivity index (χ1) is 14.9. The van der Waals surface area contributed by atoms with Crippen LogP contribution < -0.4 is 10.6 Å². The summed E-state index contributed by atoms with van der Waals surface area (Å²) >= 11 is 6.15. The molecule has 2 heterocycles. The van der Waals surface area contributed by atoms with Gasteiger partial charge in [0.2, 0.25) is 0 Å². The zero-order valence-electron chi connectivity index (χ0n) is 17.2. The highest BCUT2D eigenvalue weighted by Gasteiger charge is 2.42. The van der Waals surface area contributed by atoms with E-state index in [1.165, 1.54) is 0 Å². The fourth-order valence-corrected chi connectivity index (χ4v) is 3.57. The predicted molar refractivity (Wildman–Crippen MR) is 115 cm³/mol. The molecule has 1 aromatic carbocycles. The van der Waals surface area contributed by atoms with Crippen molar-refractivity contribution >= 4 is 29.6 Å². The molecule has 4 amide bonds. The van der Waals surface area contributed by atoms with Crippen LogP contribution in [0.1, 0.15) is 31.0 Å². The number of rotatable bonds is 6. The summed E-state index contributed by atoms with van der Waals surface area (Å²) in [4.78, 5) is 43.3. The quantitative estimate of drug-likeness (QED) is 0.712. The lowest BCUT2D eigenvalue weighted by molar-refractivity contribution is -0.118. The summed E-state index contributed by atoms with van der Waals surface area (Å²) in [6.45, 7) is 3.72. The van der Waals surface area contributed by atoms with Gasteiger partial charge >= 0.3 is 12.1 Å². The Kier molecular flexibility index (Phi) is 7.25. The van der Waals surface area contributed by atoms with Crippen LogP contribution in [-0.4, -0.2) is 41.1 Å². The van der Waals surface area contributed by atoms with E-state index in [-0.39, 0.29) is 12.2 Å². The van der Waals surface area contributed by atoms with Crippen molar-refractivity contribution in [1.82, 2.24) is 20.5 Å². The van der Waals surface area contributed by atoms with Crippen LogP contribution in [-0.2, 0) is 16.0 Å². The van der Waals surface area contributed by atoms with Crippen molar-refractivity contribution in [2.75, 3.05) is 13.2 Å². The number of benzene rings is 1. The van der Waals surface area contributed by atoms with Crippen molar-refractivity contribution in [3.8, 4) is 0 Å². The van der Waals surface area contributed by atoms with Crippen molar-refractivity contribution in [2.45, 2.75) is 26.3 Å². The van der Waals surface area contributed by atoms with Crippen LogP contribution in [0.15, 0.2) is 60.1 Å². The normalized spacial score (nSPS) is 16.0. The first-order valence-electron chi connectivity index (χ1n) is 9.82. The van der Waals surface area contributed by atoms with E-state index in [1.54, 1.807) is 50.5 Å². The molecule has 1 aromatic heterocycles. The van der Waals surface area contributed by atoms with Gasteiger partial charge in [0, 0.05) is 29.7 Å². The average Bonchev–Trinajstić information content (AvgIpc) is 2.74. The number of hydrogen-bond acceptors (Lipinski definition) is 5. The Balaban J connectivity index is 1.92. The zero-order valence-corrected chi connectivity index (χ0v) is 18.0. The summed E-state index contributed by atoms with van der Waals surface area (Å²) in [6.07, 6.45) is 3.13. The van der Waals surface area contributed by atoms with Crippen LogP contribution in [0.3, 0.4) is 0 Å². The van der Waals surface area contributed by atoms with E-state index in [0.29, 0.717) is 29.2 Å². The summed E-state index contributed by atoms with van der Waals surface area (Å²) in [5, 5.41) is 5.88. The van der Waals surface area contributed by atoms with Gasteiger partial charge in [-0.25, -0.2) is 14.5 Å². The number of nitrogens with one attached hydrogen (secondary N) is 2. The Labute approximate surface area is 185 Å². The molecular weight excluding hydrogens is 420 g/mol. The van der Waals surface area contributed by atoms with Gasteiger partial charge in [-0.1, -0.05) is 23.7 Å². The first-order valence-corrected chi connectivity index (χ1v) is 10.2. The van der Waals surface area contributed by atoms with Gasteiger partial charge in [0.15, 0.2) is 0 Å². The number of nitrogens with zero attached hydrogens (tertiary/aromatic N) is 2. The van der Waals surface area contributed by atoms with Gasteiger partial charge in [-0.15, -0.1) is 0 Å². The van der Waals surface area contributed by atoms with Gasteiger partial charge in [0.1, 0.15) is 6.04 Å². The second-order valence-electron chi connectivity index (χ2n) is 6.86. The largest absolute Gasteiger partial charge is 0.449 e. The van der Waals surface area contributed by atoms with E-state index >= 15 is 0 Å². The number of halogens is 1. The third-order valence-corrected chi connectivity index (χ3v) is 5.01. The Morgan fingerprint density at radius 3 is 2.68 bits per heavy atom.